The maximum atomic E-state index is 13.4. The molecule has 5 rings (SSSR count). The minimum atomic E-state index is -0.666. The van der Waals surface area contributed by atoms with Gasteiger partial charge in [-0.3, -0.25) is 9.59 Å². The highest BCUT2D eigenvalue weighted by Gasteiger charge is 2.46. The van der Waals surface area contributed by atoms with E-state index in [-0.39, 0.29) is 22.9 Å². The Morgan fingerprint density at radius 1 is 1.11 bits per heavy atom. The van der Waals surface area contributed by atoms with E-state index in [1.54, 1.807) is 23.5 Å². The van der Waals surface area contributed by atoms with Gasteiger partial charge in [-0.05, 0) is 53.6 Å². The van der Waals surface area contributed by atoms with Gasteiger partial charge in [0.25, 0.3) is 11.7 Å². The summed E-state index contributed by atoms with van der Waals surface area (Å²) in [7, 11) is 0. The molecule has 0 aliphatic carbocycles. The van der Waals surface area contributed by atoms with Crippen LogP contribution in [0.1, 0.15) is 62.4 Å². The predicted molar refractivity (Wildman–Crippen MR) is 141 cm³/mol. The molecule has 192 valence electrons. The first kappa shape index (κ1) is 24.8. The molecule has 3 aromatic rings. The average Bonchev–Trinajstić information content (AvgIpc) is 3.57. The fourth-order valence-electron chi connectivity index (χ4n) is 5.19. The van der Waals surface area contributed by atoms with Crippen LogP contribution in [0.25, 0.3) is 5.76 Å². The number of aliphatic hydroxyl groups is 1. The van der Waals surface area contributed by atoms with Crippen LogP contribution in [-0.2, 0) is 28.0 Å². The topological polar surface area (TPSA) is 84.7 Å². The van der Waals surface area contributed by atoms with E-state index < -0.39 is 17.7 Å². The lowest BCUT2D eigenvalue weighted by Crippen LogP contribution is -2.31. The molecule has 2 atom stereocenters. The summed E-state index contributed by atoms with van der Waals surface area (Å²) in [4.78, 5) is 32.3. The van der Waals surface area contributed by atoms with Crippen LogP contribution in [0.3, 0.4) is 0 Å². The van der Waals surface area contributed by atoms with Crippen molar-refractivity contribution in [1.82, 2.24) is 14.5 Å². The first-order valence-corrected chi connectivity index (χ1v) is 12.8. The summed E-state index contributed by atoms with van der Waals surface area (Å²) < 4.78 is 7.73. The lowest BCUT2D eigenvalue weighted by Gasteiger charge is -2.26. The van der Waals surface area contributed by atoms with Crippen molar-refractivity contribution in [2.45, 2.75) is 64.6 Å². The lowest BCUT2D eigenvalue weighted by molar-refractivity contribution is -0.139. The molecule has 1 fully saturated rings. The zero-order valence-electron chi connectivity index (χ0n) is 21.8. The number of ketones is 1. The number of likely N-dealkylation sites (tertiary alicyclic amines) is 1. The molecular formula is C30H33N3O4. The number of carbonyl (C=O) groups excluding carboxylic acids is 2. The van der Waals surface area contributed by atoms with Crippen LogP contribution in [0.2, 0.25) is 0 Å². The number of aliphatic hydroxyl groups excluding tert-OH is 1. The van der Waals surface area contributed by atoms with Crippen molar-refractivity contribution in [2.75, 3.05) is 6.54 Å². The van der Waals surface area contributed by atoms with Crippen molar-refractivity contribution in [1.29, 1.82) is 0 Å². The van der Waals surface area contributed by atoms with Crippen LogP contribution in [0.5, 0.6) is 5.75 Å². The van der Waals surface area contributed by atoms with E-state index in [0.29, 0.717) is 25.1 Å². The second kappa shape index (κ2) is 9.54. The van der Waals surface area contributed by atoms with Gasteiger partial charge in [-0.25, -0.2) is 4.98 Å². The molecule has 1 amide bonds. The van der Waals surface area contributed by atoms with E-state index in [2.05, 4.69) is 25.8 Å². The lowest BCUT2D eigenvalue weighted by atomic mass is 9.85. The van der Waals surface area contributed by atoms with Crippen LogP contribution in [0, 0.1) is 0 Å². The molecule has 0 unspecified atom stereocenters. The smallest absolute Gasteiger partial charge is 0.295 e. The summed E-state index contributed by atoms with van der Waals surface area (Å²) in [5.41, 5.74) is 3.55. The molecule has 7 nitrogen and oxygen atoms in total. The van der Waals surface area contributed by atoms with E-state index in [4.69, 9.17) is 4.74 Å². The van der Waals surface area contributed by atoms with Gasteiger partial charge in [-0.15, -0.1) is 0 Å². The highest BCUT2D eigenvalue weighted by atomic mass is 16.5. The van der Waals surface area contributed by atoms with E-state index in [9.17, 15) is 14.7 Å². The number of hydrogen-bond acceptors (Lipinski definition) is 5. The van der Waals surface area contributed by atoms with Crippen LogP contribution < -0.4 is 4.74 Å². The standard InChI is InChI=1S/C30H33N3O4/c1-19-16-22-17-21(8-11-24(22)37-19)27(34)25-26(20-6-9-23(10-7-20)30(2,3)4)33(29(36)28(25)35)14-5-13-32-15-12-31-18-32/h6-12,15,17-19,26,34H,5,13-14,16H2,1-4H3/b27-25+/t19-,26+/m0/s1. The molecule has 2 aliphatic rings. The number of rotatable bonds is 6. The van der Waals surface area contributed by atoms with E-state index in [0.717, 1.165) is 28.9 Å². The fourth-order valence-corrected chi connectivity index (χ4v) is 5.19. The minimum absolute atomic E-state index is 0.0330. The number of imidazole rings is 1. The number of carbonyl (C=O) groups is 2. The van der Waals surface area contributed by atoms with Crippen LogP contribution >= 0.6 is 0 Å². The van der Waals surface area contributed by atoms with E-state index in [1.165, 1.54) is 0 Å². The Labute approximate surface area is 217 Å². The molecule has 2 aliphatic heterocycles. The van der Waals surface area contributed by atoms with Crippen LogP contribution in [0.15, 0.2) is 66.8 Å². The molecular weight excluding hydrogens is 466 g/mol. The number of aryl methyl sites for hydroxylation is 1. The van der Waals surface area contributed by atoms with Gasteiger partial charge in [0.1, 0.15) is 17.6 Å². The number of fused-ring (bicyclic) bond motifs is 1. The number of ether oxygens (including phenoxy) is 1. The molecule has 1 aromatic heterocycles. The average molecular weight is 500 g/mol. The number of amides is 1. The third kappa shape index (κ3) is 4.78. The Balaban J connectivity index is 1.54. The third-order valence-electron chi connectivity index (χ3n) is 7.18. The monoisotopic (exact) mass is 499 g/mol. The molecule has 3 heterocycles. The summed E-state index contributed by atoms with van der Waals surface area (Å²) >= 11 is 0. The van der Waals surface area contributed by atoms with Crippen molar-refractivity contribution >= 4 is 17.4 Å². The maximum Gasteiger partial charge on any atom is 0.295 e. The van der Waals surface area contributed by atoms with Crippen molar-refractivity contribution in [3.63, 3.8) is 0 Å². The number of benzene rings is 2. The Hall–Kier alpha value is -3.87. The zero-order chi connectivity index (χ0) is 26.3. The van der Waals surface area contributed by atoms with Gasteiger partial charge in [-0.2, -0.15) is 0 Å². The molecule has 0 spiro atoms. The highest BCUT2D eigenvalue weighted by Crippen LogP contribution is 2.41. The Kier molecular flexibility index (Phi) is 6.40. The van der Waals surface area contributed by atoms with Gasteiger partial charge in [0.15, 0.2) is 0 Å². The second-order valence-corrected chi connectivity index (χ2v) is 11.0. The van der Waals surface area contributed by atoms with Crippen LogP contribution in [0.4, 0.5) is 0 Å². The highest BCUT2D eigenvalue weighted by molar-refractivity contribution is 6.46. The minimum Gasteiger partial charge on any atom is -0.507 e. The quantitative estimate of drug-likeness (QED) is 0.293. The van der Waals surface area contributed by atoms with E-state index in [1.807, 2.05) is 54.1 Å². The van der Waals surface area contributed by atoms with Crippen molar-refractivity contribution < 1.29 is 19.4 Å². The molecule has 0 bridgehead atoms. The van der Waals surface area contributed by atoms with Gasteiger partial charge in [-0.1, -0.05) is 45.0 Å². The summed E-state index contributed by atoms with van der Waals surface area (Å²) in [6.07, 6.45) is 6.76. The maximum absolute atomic E-state index is 13.4. The van der Waals surface area contributed by atoms with Crippen molar-refractivity contribution in [2.24, 2.45) is 0 Å². The molecule has 37 heavy (non-hydrogen) atoms. The summed E-state index contributed by atoms with van der Waals surface area (Å²) in [5, 5.41) is 11.4. The van der Waals surface area contributed by atoms with Crippen molar-refractivity contribution in [3.05, 3.63) is 89.0 Å². The Morgan fingerprint density at radius 3 is 2.54 bits per heavy atom. The molecule has 0 saturated carbocycles. The molecule has 2 aromatic carbocycles. The van der Waals surface area contributed by atoms with Crippen molar-refractivity contribution in [3.8, 4) is 5.75 Å². The van der Waals surface area contributed by atoms with Gasteiger partial charge in [0, 0.05) is 37.5 Å². The SMILES string of the molecule is C[C@H]1Cc2cc(/C(O)=C3\C(=O)C(=O)N(CCCn4ccnc4)[C@@H]3c3ccc(C(C)(C)C)cc3)ccc2O1. The second-order valence-electron chi connectivity index (χ2n) is 11.0. The predicted octanol–water partition coefficient (Wildman–Crippen LogP) is 5.02. The van der Waals surface area contributed by atoms with E-state index >= 15 is 0 Å². The first-order valence-electron chi connectivity index (χ1n) is 12.8. The largest absolute Gasteiger partial charge is 0.507 e. The molecule has 0 radical (unpaired) electrons. The van der Waals surface area contributed by atoms with Gasteiger partial charge in [0.2, 0.25) is 0 Å². The first-order chi connectivity index (χ1) is 17.6. The number of aromatic nitrogens is 2. The van der Waals surface area contributed by atoms with Gasteiger partial charge < -0.3 is 19.3 Å². The normalized spacial score (nSPS) is 20.8. The van der Waals surface area contributed by atoms with Gasteiger partial charge in [0.05, 0.1) is 17.9 Å². The number of hydrogen-bond donors (Lipinski definition) is 1. The Morgan fingerprint density at radius 2 is 1.86 bits per heavy atom. The Bertz CT molecular complexity index is 1350. The van der Waals surface area contributed by atoms with Gasteiger partial charge >= 0.3 is 0 Å². The number of Topliss-reactive ketones (excluding diaryl/α,β-unsaturated/α-hetero) is 1. The number of nitrogens with zero attached hydrogens (tertiary/aromatic N) is 3. The summed E-state index contributed by atoms with van der Waals surface area (Å²) in [6.45, 7) is 9.46. The summed E-state index contributed by atoms with van der Waals surface area (Å²) in [5.74, 6) is -0.605. The fraction of sp³-hybridized carbons (Fsp3) is 0.367. The summed E-state index contributed by atoms with van der Waals surface area (Å²) in [6, 6.07) is 12.8. The molecule has 1 saturated heterocycles. The van der Waals surface area contributed by atoms with Crippen LogP contribution in [-0.4, -0.2) is 43.9 Å². The zero-order valence-corrected chi connectivity index (χ0v) is 21.8. The molecule has 1 N–H and O–H groups in total. The molecule has 7 heteroatoms. The third-order valence-corrected chi connectivity index (χ3v) is 7.18.